The number of aliphatic imine (C=N–C) groups is 1. The highest BCUT2D eigenvalue weighted by Gasteiger charge is 2.16. The molecule has 1 aliphatic heterocycles. The molecule has 1 aromatic rings. The van der Waals surface area contributed by atoms with E-state index in [-0.39, 0.29) is 0 Å². The van der Waals surface area contributed by atoms with Crippen molar-refractivity contribution < 1.29 is 9.90 Å². The molecule has 18 heavy (non-hydrogen) atoms. The minimum absolute atomic E-state index is 0.310. The van der Waals surface area contributed by atoms with E-state index in [4.69, 9.17) is 5.11 Å². The summed E-state index contributed by atoms with van der Waals surface area (Å²) in [6.45, 7) is 0. The van der Waals surface area contributed by atoms with Crippen molar-refractivity contribution in [2.45, 2.75) is 6.42 Å². The van der Waals surface area contributed by atoms with Crippen LogP contribution in [0.25, 0.3) is 6.08 Å². The van der Waals surface area contributed by atoms with Gasteiger partial charge in [-0.2, -0.15) is 0 Å². The Balaban J connectivity index is 2.09. The van der Waals surface area contributed by atoms with Crippen LogP contribution in [0.2, 0.25) is 0 Å². The molecule has 0 spiro atoms. The number of nitrogens with zero attached hydrogens (tertiary/aromatic N) is 1. The third-order valence-corrected chi connectivity index (χ3v) is 3.08. The first kappa shape index (κ1) is 10.7. The van der Waals surface area contributed by atoms with E-state index in [0.717, 1.165) is 22.4 Å². The molecule has 0 amide bonds. The van der Waals surface area contributed by atoms with Crippen LogP contribution in [-0.2, 0) is 4.79 Å². The Kier molecular flexibility index (Phi) is 2.45. The summed E-state index contributed by atoms with van der Waals surface area (Å²) in [5, 5.41) is 8.99. The SMILES string of the molecule is O=C(O)C1=CCC2=Cc3ccccc3C=NC2=C1. The molecular formula is C15H11NO2. The maximum absolute atomic E-state index is 10.9. The number of aliphatic carboxylic acids is 1. The number of rotatable bonds is 1. The predicted molar refractivity (Wildman–Crippen MR) is 70.4 cm³/mol. The first-order valence-electron chi connectivity index (χ1n) is 5.73. The fraction of sp³-hybridized carbons (Fsp3) is 0.0667. The molecule has 88 valence electrons. The largest absolute Gasteiger partial charge is 0.478 e. The molecule has 1 N–H and O–H groups in total. The Morgan fingerprint density at radius 2 is 1.94 bits per heavy atom. The van der Waals surface area contributed by atoms with Crippen molar-refractivity contribution in [2.24, 2.45) is 4.99 Å². The molecule has 3 rings (SSSR count). The molecular weight excluding hydrogens is 226 g/mol. The van der Waals surface area contributed by atoms with Gasteiger partial charge in [-0.25, -0.2) is 4.79 Å². The molecule has 0 bridgehead atoms. The molecule has 1 aliphatic carbocycles. The highest BCUT2D eigenvalue weighted by atomic mass is 16.4. The zero-order valence-electron chi connectivity index (χ0n) is 9.63. The van der Waals surface area contributed by atoms with Crippen LogP contribution in [0.5, 0.6) is 0 Å². The van der Waals surface area contributed by atoms with Crippen LogP contribution in [0, 0.1) is 0 Å². The summed E-state index contributed by atoms with van der Waals surface area (Å²) in [4.78, 5) is 15.3. The van der Waals surface area contributed by atoms with Gasteiger partial charge in [-0.3, -0.25) is 4.99 Å². The third-order valence-electron chi connectivity index (χ3n) is 3.08. The normalized spacial score (nSPS) is 16.8. The number of carbonyl (C=O) groups is 1. The van der Waals surface area contributed by atoms with Crippen molar-refractivity contribution in [3.8, 4) is 0 Å². The molecule has 1 aromatic carbocycles. The van der Waals surface area contributed by atoms with Gasteiger partial charge < -0.3 is 5.11 Å². The molecule has 1 heterocycles. The highest BCUT2D eigenvalue weighted by molar-refractivity contribution is 5.93. The Morgan fingerprint density at radius 1 is 1.17 bits per heavy atom. The zero-order chi connectivity index (χ0) is 12.5. The fourth-order valence-electron chi connectivity index (χ4n) is 2.11. The summed E-state index contributed by atoms with van der Waals surface area (Å²) < 4.78 is 0. The molecule has 3 heteroatoms. The van der Waals surface area contributed by atoms with Gasteiger partial charge in [-0.1, -0.05) is 30.3 Å². The Labute approximate surface area is 104 Å². The monoisotopic (exact) mass is 237 g/mol. The molecule has 0 saturated carbocycles. The van der Waals surface area contributed by atoms with E-state index in [0.29, 0.717) is 12.0 Å². The van der Waals surface area contributed by atoms with Crippen molar-refractivity contribution in [1.82, 2.24) is 0 Å². The second kappa shape index (κ2) is 4.11. The van der Waals surface area contributed by atoms with Gasteiger partial charge in [0.25, 0.3) is 0 Å². The van der Waals surface area contributed by atoms with Gasteiger partial charge in [0.05, 0.1) is 11.3 Å². The number of benzene rings is 1. The van der Waals surface area contributed by atoms with Crippen molar-refractivity contribution in [3.05, 3.63) is 64.4 Å². The minimum Gasteiger partial charge on any atom is -0.478 e. The lowest BCUT2D eigenvalue weighted by atomic mass is 9.97. The van der Waals surface area contributed by atoms with Crippen molar-refractivity contribution in [2.75, 3.05) is 0 Å². The molecule has 2 aliphatic rings. The van der Waals surface area contributed by atoms with Crippen LogP contribution in [0.1, 0.15) is 17.5 Å². The molecule has 0 saturated heterocycles. The Hall–Kier alpha value is -2.42. The van der Waals surface area contributed by atoms with E-state index in [1.165, 1.54) is 0 Å². The smallest absolute Gasteiger partial charge is 0.335 e. The first-order chi connectivity index (χ1) is 8.74. The molecule has 3 nitrogen and oxygen atoms in total. The molecule has 0 atom stereocenters. The maximum atomic E-state index is 10.9. The number of hydrogen-bond donors (Lipinski definition) is 1. The quantitative estimate of drug-likeness (QED) is 0.816. The number of hydrogen-bond acceptors (Lipinski definition) is 2. The van der Waals surface area contributed by atoms with Crippen molar-refractivity contribution in [1.29, 1.82) is 0 Å². The van der Waals surface area contributed by atoms with E-state index < -0.39 is 5.97 Å². The molecule has 0 radical (unpaired) electrons. The lowest BCUT2D eigenvalue weighted by molar-refractivity contribution is -0.132. The average Bonchev–Trinajstić information content (AvgIpc) is 2.56. The van der Waals surface area contributed by atoms with E-state index in [9.17, 15) is 4.79 Å². The number of fused-ring (bicyclic) bond motifs is 2. The lowest BCUT2D eigenvalue weighted by Gasteiger charge is -2.10. The van der Waals surface area contributed by atoms with Crippen LogP contribution in [0.4, 0.5) is 0 Å². The van der Waals surface area contributed by atoms with Crippen molar-refractivity contribution in [3.63, 3.8) is 0 Å². The van der Waals surface area contributed by atoms with Gasteiger partial charge in [0.15, 0.2) is 0 Å². The molecule has 0 fully saturated rings. The average molecular weight is 237 g/mol. The van der Waals surface area contributed by atoms with E-state index in [1.54, 1.807) is 18.4 Å². The number of carboxylic acid groups (broad SMARTS) is 1. The fourth-order valence-corrected chi connectivity index (χ4v) is 2.11. The van der Waals surface area contributed by atoms with Gasteiger partial charge in [-0.15, -0.1) is 0 Å². The minimum atomic E-state index is -0.904. The van der Waals surface area contributed by atoms with Crippen molar-refractivity contribution >= 4 is 18.3 Å². The summed E-state index contributed by atoms with van der Waals surface area (Å²) in [5.41, 5.74) is 4.28. The number of allylic oxidation sites excluding steroid dienone is 2. The second-order valence-electron chi connectivity index (χ2n) is 4.26. The van der Waals surface area contributed by atoms with E-state index >= 15 is 0 Å². The zero-order valence-corrected chi connectivity index (χ0v) is 9.63. The topological polar surface area (TPSA) is 49.7 Å². The first-order valence-corrected chi connectivity index (χ1v) is 5.73. The molecule has 0 unspecified atom stereocenters. The van der Waals surface area contributed by atoms with Gasteiger partial charge in [0.2, 0.25) is 0 Å². The van der Waals surface area contributed by atoms with Crippen LogP contribution < -0.4 is 0 Å². The third kappa shape index (κ3) is 1.80. The van der Waals surface area contributed by atoms with Crippen LogP contribution in [0.15, 0.2) is 58.3 Å². The predicted octanol–water partition coefficient (Wildman–Crippen LogP) is 2.80. The Morgan fingerprint density at radius 3 is 2.72 bits per heavy atom. The standard InChI is InChI=1S/C15H11NO2/c17-15(18)12-6-5-11-7-10-3-1-2-4-13(10)9-16-14(11)8-12/h1-4,6-9H,5H2,(H,17,18). The van der Waals surface area contributed by atoms with Gasteiger partial charge in [0.1, 0.15) is 0 Å². The molecule has 0 aromatic heterocycles. The van der Waals surface area contributed by atoms with Gasteiger partial charge >= 0.3 is 5.97 Å². The van der Waals surface area contributed by atoms with Crippen LogP contribution >= 0.6 is 0 Å². The van der Waals surface area contributed by atoms with Crippen LogP contribution in [-0.4, -0.2) is 17.3 Å². The summed E-state index contributed by atoms with van der Waals surface area (Å²) in [5.74, 6) is -0.904. The summed E-state index contributed by atoms with van der Waals surface area (Å²) in [6.07, 6.45) is 7.82. The van der Waals surface area contributed by atoms with Gasteiger partial charge in [0, 0.05) is 6.21 Å². The summed E-state index contributed by atoms with van der Waals surface area (Å²) >= 11 is 0. The second-order valence-corrected chi connectivity index (χ2v) is 4.26. The van der Waals surface area contributed by atoms with E-state index in [2.05, 4.69) is 11.1 Å². The highest BCUT2D eigenvalue weighted by Crippen LogP contribution is 2.29. The summed E-state index contributed by atoms with van der Waals surface area (Å²) in [6, 6.07) is 7.99. The summed E-state index contributed by atoms with van der Waals surface area (Å²) in [7, 11) is 0. The van der Waals surface area contributed by atoms with E-state index in [1.807, 2.05) is 24.3 Å². The van der Waals surface area contributed by atoms with Gasteiger partial charge in [-0.05, 0) is 35.3 Å². The van der Waals surface area contributed by atoms with Crippen LogP contribution in [0.3, 0.4) is 0 Å². The maximum Gasteiger partial charge on any atom is 0.335 e. The Bertz CT molecular complexity index is 648. The lowest BCUT2D eigenvalue weighted by Crippen LogP contribution is -2.03. The number of carboxylic acids is 1.